The number of nitrogens with one attached hydrogen (secondary N) is 2. The maximum Gasteiger partial charge on any atom is 0.315 e. The molecule has 3 heteroatoms. The molecular weight excluding hydrogens is 164 g/mol. The van der Waals surface area contributed by atoms with Gasteiger partial charge in [0.05, 0.1) is 0 Å². The molecule has 0 atom stereocenters. The van der Waals surface area contributed by atoms with E-state index in [1.165, 1.54) is 0 Å². The topological polar surface area (TPSA) is 41.1 Å². The summed E-state index contributed by atoms with van der Waals surface area (Å²) in [6.07, 6.45) is 4.39. The van der Waals surface area contributed by atoms with Crippen LogP contribution in [-0.4, -0.2) is 17.6 Å². The van der Waals surface area contributed by atoms with Crippen LogP contribution >= 0.6 is 0 Å². The van der Waals surface area contributed by atoms with Crippen LogP contribution in [-0.2, 0) is 0 Å². The Balaban J connectivity index is 2.23. The van der Waals surface area contributed by atoms with Crippen LogP contribution in [0.1, 0.15) is 46.5 Å². The molecule has 2 N–H and O–H groups in total. The maximum atomic E-state index is 11.4. The Kier molecular flexibility index (Phi) is 3.17. The summed E-state index contributed by atoms with van der Waals surface area (Å²) in [5.74, 6) is 0. The van der Waals surface area contributed by atoms with Crippen LogP contribution in [0.3, 0.4) is 0 Å². The SMILES string of the molecule is CCCC(C)(C)NC(=O)NC1CC1. The van der Waals surface area contributed by atoms with Crippen LogP contribution in [0.2, 0.25) is 0 Å². The second-order valence-electron chi connectivity index (χ2n) is 4.51. The lowest BCUT2D eigenvalue weighted by atomic mass is 9.99. The first-order valence-electron chi connectivity index (χ1n) is 5.12. The van der Waals surface area contributed by atoms with Crippen LogP contribution in [0.15, 0.2) is 0 Å². The van der Waals surface area contributed by atoms with Crippen LogP contribution in [0, 0.1) is 0 Å². The minimum Gasteiger partial charge on any atom is -0.335 e. The van der Waals surface area contributed by atoms with E-state index in [1.54, 1.807) is 0 Å². The molecule has 2 amide bonds. The van der Waals surface area contributed by atoms with Crippen molar-refractivity contribution in [2.24, 2.45) is 0 Å². The largest absolute Gasteiger partial charge is 0.335 e. The molecule has 0 radical (unpaired) electrons. The predicted molar refractivity (Wildman–Crippen MR) is 53.7 cm³/mol. The average Bonchev–Trinajstić information content (AvgIpc) is 2.68. The van der Waals surface area contributed by atoms with Gasteiger partial charge in [0.15, 0.2) is 0 Å². The molecule has 1 fully saturated rings. The molecule has 0 aromatic heterocycles. The van der Waals surface area contributed by atoms with E-state index in [1.807, 2.05) is 0 Å². The van der Waals surface area contributed by atoms with E-state index in [9.17, 15) is 4.79 Å². The van der Waals surface area contributed by atoms with Crippen molar-refractivity contribution >= 4 is 6.03 Å². The standard InChI is InChI=1S/C10H20N2O/c1-4-7-10(2,3)12-9(13)11-8-5-6-8/h8H,4-7H2,1-3H3,(H2,11,12,13). The fraction of sp³-hybridized carbons (Fsp3) is 0.900. The van der Waals surface area contributed by atoms with Crippen LogP contribution in [0.5, 0.6) is 0 Å². The number of amides is 2. The number of carbonyl (C=O) groups is 1. The average molecular weight is 184 g/mol. The molecule has 3 nitrogen and oxygen atoms in total. The molecular formula is C10H20N2O. The summed E-state index contributed by atoms with van der Waals surface area (Å²) in [5.41, 5.74) is -0.0757. The monoisotopic (exact) mass is 184 g/mol. The molecule has 0 bridgehead atoms. The summed E-state index contributed by atoms with van der Waals surface area (Å²) >= 11 is 0. The lowest BCUT2D eigenvalue weighted by molar-refractivity contribution is 0.227. The summed E-state index contributed by atoms with van der Waals surface area (Å²) in [6.45, 7) is 6.24. The van der Waals surface area contributed by atoms with Crippen molar-refractivity contribution in [3.05, 3.63) is 0 Å². The number of urea groups is 1. The highest BCUT2D eigenvalue weighted by atomic mass is 16.2. The zero-order valence-corrected chi connectivity index (χ0v) is 8.81. The van der Waals surface area contributed by atoms with Gasteiger partial charge in [-0.25, -0.2) is 4.79 Å². The molecule has 1 aliphatic carbocycles. The van der Waals surface area contributed by atoms with Gasteiger partial charge in [-0.05, 0) is 33.1 Å². The Labute approximate surface area is 80.3 Å². The van der Waals surface area contributed by atoms with Crippen LogP contribution < -0.4 is 10.6 Å². The van der Waals surface area contributed by atoms with E-state index in [0.29, 0.717) is 6.04 Å². The summed E-state index contributed by atoms with van der Waals surface area (Å²) in [5, 5.41) is 5.90. The minimum atomic E-state index is -0.0757. The Bertz CT molecular complexity index is 185. The van der Waals surface area contributed by atoms with Gasteiger partial charge in [-0.15, -0.1) is 0 Å². The lowest BCUT2D eigenvalue weighted by Gasteiger charge is -2.25. The van der Waals surface area contributed by atoms with Crippen molar-refractivity contribution in [2.45, 2.75) is 58.0 Å². The normalized spacial score (nSPS) is 16.8. The first kappa shape index (κ1) is 10.4. The smallest absolute Gasteiger partial charge is 0.315 e. The zero-order chi connectivity index (χ0) is 9.90. The molecule has 1 saturated carbocycles. The number of carbonyl (C=O) groups excluding carboxylic acids is 1. The summed E-state index contributed by atoms with van der Waals surface area (Å²) in [4.78, 5) is 11.4. The third-order valence-electron chi connectivity index (χ3n) is 2.24. The second-order valence-corrected chi connectivity index (χ2v) is 4.51. The van der Waals surface area contributed by atoms with Gasteiger partial charge in [0.2, 0.25) is 0 Å². The van der Waals surface area contributed by atoms with Crippen molar-refractivity contribution < 1.29 is 4.79 Å². The molecule has 1 aliphatic rings. The highest BCUT2D eigenvalue weighted by Crippen LogP contribution is 2.18. The summed E-state index contributed by atoms with van der Waals surface area (Å²) < 4.78 is 0. The summed E-state index contributed by atoms with van der Waals surface area (Å²) in [6, 6.07) is 0.429. The molecule has 0 saturated heterocycles. The minimum absolute atomic E-state index is 0.0130. The molecule has 0 aromatic carbocycles. The van der Waals surface area contributed by atoms with Gasteiger partial charge in [0.1, 0.15) is 0 Å². The Morgan fingerprint density at radius 1 is 1.46 bits per heavy atom. The Morgan fingerprint density at radius 3 is 2.54 bits per heavy atom. The first-order chi connectivity index (χ1) is 6.03. The van der Waals surface area contributed by atoms with E-state index in [0.717, 1.165) is 25.7 Å². The van der Waals surface area contributed by atoms with E-state index in [-0.39, 0.29) is 11.6 Å². The lowest BCUT2D eigenvalue weighted by Crippen LogP contribution is -2.48. The van der Waals surface area contributed by atoms with Gasteiger partial charge in [0, 0.05) is 11.6 Å². The number of hydrogen-bond acceptors (Lipinski definition) is 1. The fourth-order valence-corrected chi connectivity index (χ4v) is 1.44. The number of hydrogen-bond donors (Lipinski definition) is 2. The first-order valence-corrected chi connectivity index (χ1v) is 5.12. The molecule has 0 aromatic rings. The van der Waals surface area contributed by atoms with Crippen LogP contribution in [0.25, 0.3) is 0 Å². The second kappa shape index (κ2) is 3.99. The highest BCUT2D eigenvalue weighted by molar-refractivity contribution is 5.75. The number of rotatable bonds is 4. The van der Waals surface area contributed by atoms with Crippen molar-refractivity contribution in [2.75, 3.05) is 0 Å². The highest BCUT2D eigenvalue weighted by Gasteiger charge is 2.26. The van der Waals surface area contributed by atoms with Gasteiger partial charge in [-0.1, -0.05) is 13.3 Å². The third kappa shape index (κ3) is 4.15. The molecule has 0 unspecified atom stereocenters. The molecule has 13 heavy (non-hydrogen) atoms. The van der Waals surface area contributed by atoms with E-state index < -0.39 is 0 Å². The van der Waals surface area contributed by atoms with Crippen molar-refractivity contribution in [3.63, 3.8) is 0 Å². The molecule has 0 spiro atoms. The van der Waals surface area contributed by atoms with E-state index >= 15 is 0 Å². The van der Waals surface area contributed by atoms with Gasteiger partial charge in [-0.3, -0.25) is 0 Å². The van der Waals surface area contributed by atoms with E-state index in [4.69, 9.17) is 0 Å². The third-order valence-corrected chi connectivity index (χ3v) is 2.24. The molecule has 76 valence electrons. The van der Waals surface area contributed by atoms with Gasteiger partial charge in [-0.2, -0.15) is 0 Å². The van der Waals surface area contributed by atoms with Crippen molar-refractivity contribution in [1.82, 2.24) is 10.6 Å². The molecule has 0 aliphatic heterocycles. The van der Waals surface area contributed by atoms with Gasteiger partial charge < -0.3 is 10.6 Å². The molecule has 1 rings (SSSR count). The van der Waals surface area contributed by atoms with E-state index in [2.05, 4.69) is 31.4 Å². The Morgan fingerprint density at radius 2 is 2.08 bits per heavy atom. The zero-order valence-electron chi connectivity index (χ0n) is 8.81. The van der Waals surface area contributed by atoms with Gasteiger partial charge in [0.25, 0.3) is 0 Å². The summed E-state index contributed by atoms with van der Waals surface area (Å²) in [7, 11) is 0. The quantitative estimate of drug-likeness (QED) is 0.689. The maximum absolute atomic E-state index is 11.4. The van der Waals surface area contributed by atoms with Crippen molar-refractivity contribution in [1.29, 1.82) is 0 Å². The fourth-order valence-electron chi connectivity index (χ4n) is 1.44. The van der Waals surface area contributed by atoms with Crippen molar-refractivity contribution in [3.8, 4) is 0 Å². The Hall–Kier alpha value is -0.730. The molecule has 0 heterocycles. The van der Waals surface area contributed by atoms with Crippen LogP contribution in [0.4, 0.5) is 4.79 Å². The van der Waals surface area contributed by atoms with Gasteiger partial charge >= 0.3 is 6.03 Å². The predicted octanol–water partition coefficient (Wildman–Crippen LogP) is 2.03.